The van der Waals surface area contributed by atoms with Crippen LogP contribution in [0.25, 0.3) is 0 Å². The van der Waals surface area contributed by atoms with E-state index in [1.807, 2.05) is 30.3 Å². The van der Waals surface area contributed by atoms with Crippen LogP contribution in [0, 0.1) is 0 Å². The van der Waals surface area contributed by atoms with E-state index in [4.69, 9.17) is 4.42 Å². The summed E-state index contributed by atoms with van der Waals surface area (Å²) >= 11 is 0. The van der Waals surface area contributed by atoms with Gasteiger partial charge in [0.15, 0.2) is 11.5 Å². The zero-order valence-corrected chi connectivity index (χ0v) is 20.0. The lowest BCUT2D eigenvalue weighted by atomic mass is 9.92. The van der Waals surface area contributed by atoms with E-state index in [0.717, 1.165) is 5.56 Å². The molecule has 3 aromatic rings. The van der Waals surface area contributed by atoms with Crippen molar-refractivity contribution in [3.05, 3.63) is 94.9 Å². The smallest absolute Gasteiger partial charge is 0.205 e. The minimum atomic E-state index is -0.474. The summed E-state index contributed by atoms with van der Waals surface area (Å²) in [6.07, 6.45) is 0.254. The van der Waals surface area contributed by atoms with Crippen molar-refractivity contribution in [3.63, 3.8) is 0 Å². The summed E-state index contributed by atoms with van der Waals surface area (Å²) in [5, 5.41) is 0. The third-order valence-electron chi connectivity index (χ3n) is 5.51. The second-order valence-electron chi connectivity index (χ2n) is 8.67. The molecule has 1 aromatic heterocycles. The maximum Gasteiger partial charge on any atom is 0.205 e. The molecule has 0 saturated heterocycles. The van der Waals surface area contributed by atoms with Gasteiger partial charge in [0.1, 0.15) is 23.1 Å². The number of carbonyl (C=O) groups is 6. The van der Waals surface area contributed by atoms with Crippen molar-refractivity contribution in [1.29, 1.82) is 0 Å². The summed E-state index contributed by atoms with van der Waals surface area (Å²) in [5.74, 6) is -2.06. The van der Waals surface area contributed by atoms with Crippen molar-refractivity contribution >= 4 is 34.7 Å². The van der Waals surface area contributed by atoms with Gasteiger partial charge in [0.05, 0.1) is 25.5 Å². The maximum atomic E-state index is 12.7. The van der Waals surface area contributed by atoms with Crippen LogP contribution in [0.4, 0.5) is 0 Å². The Morgan fingerprint density at radius 2 is 1.31 bits per heavy atom. The van der Waals surface area contributed by atoms with Crippen LogP contribution in [-0.4, -0.2) is 34.7 Å². The Balaban J connectivity index is 1.74. The van der Waals surface area contributed by atoms with Gasteiger partial charge in [0, 0.05) is 24.8 Å². The molecule has 0 unspecified atom stereocenters. The molecular formula is C29H26O7. The normalized spacial score (nSPS) is 10.6. The molecule has 0 spiro atoms. The van der Waals surface area contributed by atoms with E-state index in [1.54, 1.807) is 12.1 Å². The predicted octanol–water partition coefficient (Wildman–Crippen LogP) is 4.14. The monoisotopic (exact) mass is 486 g/mol. The van der Waals surface area contributed by atoms with Crippen LogP contribution in [0.15, 0.2) is 71.3 Å². The lowest BCUT2D eigenvalue weighted by molar-refractivity contribution is -0.126. The number of carbonyl (C=O) groups excluding carboxylic acids is 6. The molecule has 0 aliphatic rings. The average molecular weight is 487 g/mol. The molecule has 184 valence electrons. The van der Waals surface area contributed by atoms with Crippen LogP contribution in [0.5, 0.6) is 0 Å². The largest absolute Gasteiger partial charge is 0.461 e. The predicted molar refractivity (Wildman–Crippen MR) is 131 cm³/mol. The van der Waals surface area contributed by atoms with E-state index in [2.05, 4.69) is 0 Å². The van der Waals surface area contributed by atoms with E-state index in [9.17, 15) is 28.8 Å². The average Bonchev–Trinajstić information content (AvgIpc) is 3.35. The molecule has 0 saturated carbocycles. The Kier molecular flexibility index (Phi) is 9.11. The van der Waals surface area contributed by atoms with Gasteiger partial charge in [-0.1, -0.05) is 42.5 Å². The molecule has 0 aliphatic heterocycles. The summed E-state index contributed by atoms with van der Waals surface area (Å²) in [6, 6.07) is 16.7. The van der Waals surface area contributed by atoms with Gasteiger partial charge < -0.3 is 4.42 Å². The number of benzene rings is 2. The number of hydrogen-bond acceptors (Lipinski definition) is 7. The number of furan rings is 1. The topological polar surface area (TPSA) is 116 Å². The number of hydrogen-bond donors (Lipinski definition) is 0. The van der Waals surface area contributed by atoms with Gasteiger partial charge in [-0.15, -0.1) is 0 Å². The highest BCUT2D eigenvalue weighted by Crippen LogP contribution is 2.18. The van der Waals surface area contributed by atoms with Crippen LogP contribution in [0.2, 0.25) is 0 Å². The molecule has 0 fully saturated rings. The van der Waals surface area contributed by atoms with E-state index in [0.29, 0.717) is 11.1 Å². The van der Waals surface area contributed by atoms with Crippen LogP contribution >= 0.6 is 0 Å². The Morgan fingerprint density at radius 1 is 0.639 bits per heavy atom. The molecule has 0 aliphatic carbocycles. The van der Waals surface area contributed by atoms with E-state index in [1.165, 1.54) is 31.4 Å². The molecule has 0 atom stereocenters. The first-order valence-corrected chi connectivity index (χ1v) is 11.5. The van der Waals surface area contributed by atoms with Gasteiger partial charge in [-0.25, -0.2) is 0 Å². The minimum absolute atomic E-state index is 0.0704. The molecular weight excluding hydrogens is 460 g/mol. The molecule has 0 radical (unpaired) electrons. The number of ketones is 6. The third-order valence-corrected chi connectivity index (χ3v) is 5.51. The van der Waals surface area contributed by atoms with Crippen LogP contribution in [0.3, 0.4) is 0 Å². The molecule has 0 N–H and O–H groups in total. The highest BCUT2D eigenvalue weighted by Gasteiger charge is 2.20. The fourth-order valence-electron chi connectivity index (χ4n) is 3.82. The van der Waals surface area contributed by atoms with Gasteiger partial charge in [0.2, 0.25) is 5.78 Å². The summed E-state index contributed by atoms with van der Waals surface area (Å²) in [6.45, 7) is 1.31. The fourth-order valence-corrected chi connectivity index (χ4v) is 3.82. The number of rotatable bonds is 14. The SMILES string of the molecule is CC(=O)CC(=O)c1ccc(CC(=O)CC(=O)Cc2ccccc2)c(CC(=O)CC(=O)c2ccco2)c1. The van der Waals surface area contributed by atoms with E-state index in [-0.39, 0.29) is 60.8 Å². The molecule has 0 bridgehead atoms. The van der Waals surface area contributed by atoms with Gasteiger partial charge in [-0.3, -0.25) is 28.8 Å². The lowest BCUT2D eigenvalue weighted by Gasteiger charge is -2.11. The Morgan fingerprint density at radius 3 is 1.97 bits per heavy atom. The van der Waals surface area contributed by atoms with Crippen molar-refractivity contribution in [3.8, 4) is 0 Å². The van der Waals surface area contributed by atoms with Crippen molar-refractivity contribution in [2.45, 2.75) is 45.4 Å². The zero-order valence-electron chi connectivity index (χ0n) is 20.0. The van der Waals surface area contributed by atoms with E-state index >= 15 is 0 Å². The molecule has 0 amide bonds. The lowest BCUT2D eigenvalue weighted by Crippen LogP contribution is -2.16. The van der Waals surface area contributed by atoms with Crippen molar-refractivity contribution < 1.29 is 33.2 Å². The fraction of sp³-hybridized carbons (Fsp3) is 0.241. The highest BCUT2D eigenvalue weighted by atomic mass is 16.3. The second-order valence-corrected chi connectivity index (χ2v) is 8.67. The maximum absolute atomic E-state index is 12.7. The molecule has 2 aromatic carbocycles. The van der Waals surface area contributed by atoms with Gasteiger partial charge in [-0.05, 0) is 41.8 Å². The third kappa shape index (κ3) is 7.91. The first kappa shape index (κ1) is 26.3. The zero-order chi connectivity index (χ0) is 26.1. The van der Waals surface area contributed by atoms with Crippen LogP contribution in [0.1, 0.15) is 63.8 Å². The quantitative estimate of drug-likeness (QED) is 0.248. The molecule has 1 heterocycles. The van der Waals surface area contributed by atoms with Crippen molar-refractivity contribution in [2.24, 2.45) is 0 Å². The molecule has 36 heavy (non-hydrogen) atoms. The summed E-state index contributed by atoms with van der Waals surface area (Å²) in [5.41, 5.74) is 1.95. The molecule has 7 nitrogen and oxygen atoms in total. The highest BCUT2D eigenvalue weighted by molar-refractivity contribution is 6.09. The van der Waals surface area contributed by atoms with Gasteiger partial charge in [-0.2, -0.15) is 0 Å². The molecule has 3 rings (SSSR count). The Labute approximate surface area is 208 Å². The van der Waals surface area contributed by atoms with Crippen molar-refractivity contribution in [2.75, 3.05) is 0 Å². The summed E-state index contributed by atoms with van der Waals surface area (Å²) in [4.78, 5) is 73.7. The van der Waals surface area contributed by atoms with Crippen LogP contribution < -0.4 is 0 Å². The Hall–Kier alpha value is -4.26. The first-order valence-electron chi connectivity index (χ1n) is 11.5. The summed E-state index contributed by atoms with van der Waals surface area (Å²) < 4.78 is 5.03. The summed E-state index contributed by atoms with van der Waals surface area (Å²) in [7, 11) is 0. The van der Waals surface area contributed by atoms with Crippen LogP contribution in [-0.2, 0) is 38.4 Å². The minimum Gasteiger partial charge on any atom is -0.461 e. The van der Waals surface area contributed by atoms with Gasteiger partial charge >= 0.3 is 0 Å². The standard InChI is InChI=1S/C29H26O7/c1-19(30)12-27(34)22-10-9-21(15-25(32)17-24(31)13-20-6-3-2-4-7-20)23(14-22)16-26(33)18-28(35)29-8-5-11-36-29/h2-11,14H,12-13,15-18H2,1H3. The Bertz CT molecular complexity index is 1280. The number of Topliss-reactive ketones (excluding diaryl/α,β-unsaturated/α-hetero) is 6. The second kappa shape index (κ2) is 12.4. The van der Waals surface area contributed by atoms with Gasteiger partial charge in [0.25, 0.3) is 0 Å². The molecule has 7 heteroatoms. The first-order chi connectivity index (χ1) is 17.2. The van der Waals surface area contributed by atoms with E-state index < -0.39 is 23.8 Å². The van der Waals surface area contributed by atoms with Crippen molar-refractivity contribution in [1.82, 2.24) is 0 Å².